The van der Waals surface area contributed by atoms with Gasteiger partial charge in [-0.05, 0) is 25.7 Å². The lowest BCUT2D eigenvalue weighted by atomic mass is 10.1. The summed E-state index contributed by atoms with van der Waals surface area (Å²) in [5, 5.41) is 8.87. The lowest BCUT2D eigenvalue weighted by Crippen LogP contribution is -2.44. The summed E-state index contributed by atoms with van der Waals surface area (Å²) in [6, 6.07) is -0.125. The summed E-state index contributed by atoms with van der Waals surface area (Å²) in [6.45, 7) is 1.88. The number of amides is 3. The topological polar surface area (TPSA) is 98.7 Å². The maximum absolute atomic E-state index is 11.8. The molecular weight excluding hydrogens is 250 g/mol. The Morgan fingerprint density at radius 3 is 2.53 bits per heavy atom. The zero-order valence-electron chi connectivity index (χ0n) is 11.3. The number of hydrazine groups is 1. The SMILES string of the molecule is CCCC(=O)NNC(=O)[C@H]1CC[C@@H](N(C)C(=O)O)C1. The molecule has 1 rings (SSSR count). The second-order valence-electron chi connectivity index (χ2n) is 4.84. The van der Waals surface area contributed by atoms with Gasteiger partial charge in [-0.2, -0.15) is 0 Å². The van der Waals surface area contributed by atoms with Crippen molar-refractivity contribution in [1.82, 2.24) is 15.8 Å². The molecule has 0 spiro atoms. The Labute approximate surface area is 112 Å². The Bertz CT molecular complexity index is 359. The molecule has 0 heterocycles. The van der Waals surface area contributed by atoms with Gasteiger partial charge in [0.2, 0.25) is 11.8 Å². The fraction of sp³-hybridized carbons (Fsp3) is 0.750. The minimum atomic E-state index is -0.984. The van der Waals surface area contributed by atoms with Gasteiger partial charge in [0.25, 0.3) is 0 Å². The molecule has 0 aromatic rings. The molecular formula is C12H21N3O4. The third-order valence-corrected chi connectivity index (χ3v) is 3.43. The number of carboxylic acid groups (broad SMARTS) is 1. The molecule has 1 aliphatic rings. The first-order chi connectivity index (χ1) is 8.95. The third kappa shape index (κ3) is 4.42. The van der Waals surface area contributed by atoms with E-state index >= 15 is 0 Å². The highest BCUT2D eigenvalue weighted by Crippen LogP contribution is 2.28. The molecule has 1 aliphatic carbocycles. The molecule has 0 radical (unpaired) electrons. The minimum absolute atomic E-state index is 0.125. The van der Waals surface area contributed by atoms with Crippen molar-refractivity contribution in [2.45, 2.75) is 45.1 Å². The van der Waals surface area contributed by atoms with Crippen LogP contribution in [0.1, 0.15) is 39.0 Å². The molecule has 108 valence electrons. The van der Waals surface area contributed by atoms with Gasteiger partial charge in [0.15, 0.2) is 0 Å². The molecule has 0 aromatic heterocycles. The largest absolute Gasteiger partial charge is 0.465 e. The van der Waals surface area contributed by atoms with Crippen LogP contribution in [0, 0.1) is 5.92 Å². The number of nitrogens with zero attached hydrogens (tertiary/aromatic N) is 1. The smallest absolute Gasteiger partial charge is 0.407 e. The van der Waals surface area contributed by atoms with E-state index in [0.29, 0.717) is 25.7 Å². The fourth-order valence-electron chi connectivity index (χ4n) is 2.23. The lowest BCUT2D eigenvalue weighted by molar-refractivity contribution is -0.131. The summed E-state index contributed by atoms with van der Waals surface area (Å²) >= 11 is 0. The van der Waals surface area contributed by atoms with Crippen molar-refractivity contribution in [2.24, 2.45) is 5.92 Å². The van der Waals surface area contributed by atoms with E-state index in [1.165, 1.54) is 11.9 Å². The van der Waals surface area contributed by atoms with Crippen LogP contribution in [-0.2, 0) is 9.59 Å². The van der Waals surface area contributed by atoms with Crippen molar-refractivity contribution in [1.29, 1.82) is 0 Å². The van der Waals surface area contributed by atoms with Crippen molar-refractivity contribution in [3.8, 4) is 0 Å². The maximum Gasteiger partial charge on any atom is 0.407 e. The van der Waals surface area contributed by atoms with E-state index in [2.05, 4.69) is 10.9 Å². The summed E-state index contributed by atoms with van der Waals surface area (Å²) in [6.07, 6.45) is 1.91. The predicted octanol–water partition coefficient (Wildman–Crippen LogP) is 0.712. The second kappa shape index (κ2) is 6.96. The van der Waals surface area contributed by atoms with Crippen LogP contribution < -0.4 is 10.9 Å². The van der Waals surface area contributed by atoms with Crippen molar-refractivity contribution < 1.29 is 19.5 Å². The van der Waals surface area contributed by atoms with Crippen molar-refractivity contribution in [2.75, 3.05) is 7.05 Å². The van der Waals surface area contributed by atoms with Crippen LogP contribution in [0.2, 0.25) is 0 Å². The van der Waals surface area contributed by atoms with E-state index in [-0.39, 0.29) is 23.8 Å². The standard InChI is InChI=1S/C12H21N3O4/c1-3-4-10(16)13-14-11(17)8-5-6-9(7-8)15(2)12(18)19/h8-9H,3-7H2,1-2H3,(H,13,16)(H,14,17)(H,18,19)/t8-,9+/m0/s1. The first kappa shape index (κ1) is 15.3. The van der Waals surface area contributed by atoms with Crippen LogP contribution in [0.5, 0.6) is 0 Å². The molecule has 0 aliphatic heterocycles. The Morgan fingerprint density at radius 1 is 1.26 bits per heavy atom. The lowest BCUT2D eigenvalue weighted by Gasteiger charge is -2.21. The summed E-state index contributed by atoms with van der Waals surface area (Å²) < 4.78 is 0. The van der Waals surface area contributed by atoms with Gasteiger partial charge in [0.1, 0.15) is 0 Å². The number of hydrogen-bond donors (Lipinski definition) is 3. The summed E-state index contributed by atoms with van der Waals surface area (Å²) in [5.41, 5.74) is 4.75. The monoisotopic (exact) mass is 271 g/mol. The summed E-state index contributed by atoms with van der Waals surface area (Å²) in [4.78, 5) is 35.1. The molecule has 0 saturated heterocycles. The molecule has 0 aromatic carbocycles. The fourth-order valence-corrected chi connectivity index (χ4v) is 2.23. The molecule has 1 saturated carbocycles. The zero-order chi connectivity index (χ0) is 14.4. The van der Waals surface area contributed by atoms with Crippen molar-refractivity contribution >= 4 is 17.9 Å². The first-order valence-electron chi connectivity index (χ1n) is 6.50. The van der Waals surface area contributed by atoms with Gasteiger partial charge in [-0.15, -0.1) is 0 Å². The number of rotatable bonds is 4. The van der Waals surface area contributed by atoms with Crippen molar-refractivity contribution in [3.05, 3.63) is 0 Å². The molecule has 0 unspecified atom stereocenters. The molecule has 3 amide bonds. The van der Waals surface area contributed by atoms with E-state index < -0.39 is 6.09 Å². The highest BCUT2D eigenvalue weighted by molar-refractivity contribution is 5.83. The van der Waals surface area contributed by atoms with Gasteiger partial charge in [0, 0.05) is 25.4 Å². The number of nitrogens with one attached hydrogen (secondary N) is 2. The molecule has 7 heteroatoms. The van der Waals surface area contributed by atoms with E-state index in [4.69, 9.17) is 5.11 Å². The quantitative estimate of drug-likeness (QED) is 0.656. The van der Waals surface area contributed by atoms with E-state index in [1.807, 2.05) is 6.92 Å². The zero-order valence-corrected chi connectivity index (χ0v) is 11.3. The molecule has 1 fully saturated rings. The van der Waals surface area contributed by atoms with Crippen LogP contribution in [0.3, 0.4) is 0 Å². The van der Waals surface area contributed by atoms with Crippen LogP contribution in [0.25, 0.3) is 0 Å². The molecule has 0 bridgehead atoms. The van der Waals surface area contributed by atoms with Gasteiger partial charge in [-0.1, -0.05) is 6.92 Å². The first-order valence-corrected chi connectivity index (χ1v) is 6.50. The van der Waals surface area contributed by atoms with Gasteiger partial charge in [-0.25, -0.2) is 4.79 Å². The van der Waals surface area contributed by atoms with Crippen LogP contribution >= 0.6 is 0 Å². The van der Waals surface area contributed by atoms with Gasteiger partial charge in [-0.3, -0.25) is 20.4 Å². The van der Waals surface area contributed by atoms with E-state index in [9.17, 15) is 14.4 Å². The average molecular weight is 271 g/mol. The summed E-state index contributed by atoms with van der Waals surface area (Å²) in [5.74, 6) is -0.701. The minimum Gasteiger partial charge on any atom is -0.465 e. The summed E-state index contributed by atoms with van der Waals surface area (Å²) in [7, 11) is 1.51. The van der Waals surface area contributed by atoms with Crippen LogP contribution in [-0.4, -0.2) is 41.0 Å². The van der Waals surface area contributed by atoms with E-state index in [0.717, 1.165) is 6.42 Å². The Kier molecular flexibility index (Phi) is 5.59. The van der Waals surface area contributed by atoms with Crippen LogP contribution in [0.15, 0.2) is 0 Å². The number of hydrogen-bond acceptors (Lipinski definition) is 3. The Hall–Kier alpha value is -1.79. The van der Waals surface area contributed by atoms with Gasteiger partial charge >= 0.3 is 6.09 Å². The molecule has 2 atom stereocenters. The Morgan fingerprint density at radius 2 is 1.95 bits per heavy atom. The predicted molar refractivity (Wildman–Crippen MR) is 68.1 cm³/mol. The number of carbonyl (C=O) groups is 3. The highest BCUT2D eigenvalue weighted by atomic mass is 16.4. The molecule has 7 nitrogen and oxygen atoms in total. The van der Waals surface area contributed by atoms with Gasteiger partial charge < -0.3 is 10.0 Å². The molecule has 3 N–H and O–H groups in total. The van der Waals surface area contributed by atoms with Gasteiger partial charge in [0.05, 0.1) is 0 Å². The molecule has 19 heavy (non-hydrogen) atoms. The third-order valence-electron chi connectivity index (χ3n) is 3.43. The normalized spacial score (nSPS) is 21.8. The number of carbonyl (C=O) groups excluding carboxylic acids is 2. The Balaban J connectivity index is 2.36. The highest BCUT2D eigenvalue weighted by Gasteiger charge is 2.33. The average Bonchev–Trinajstić information content (AvgIpc) is 2.84. The maximum atomic E-state index is 11.8. The second-order valence-corrected chi connectivity index (χ2v) is 4.84. The van der Waals surface area contributed by atoms with Crippen LogP contribution in [0.4, 0.5) is 4.79 Å². The van der Waals surface area contributed by atoms with Crippen molar-refractivity contribution in [3.63, 3.8) is 0 Å². The van der Waals surface area contributed by atoms with E-state index in [1.54, 1.807) is 0 Å².